The number of nitrogens with two attached hydrogens (primary N) is 1. The van der Waals surface area contributed by atoms with Crippen LogP contribution in [0.1, 0.15) is 31.5 Å². The van der Waals surface area contributed by atoms with Crippen LogP contribution in [-0.2, 0) is 4.79 Å². The number of rotatable bonds is 5. The van der Waals surface area contributed by atoms with Gasteiger partial charge in [-0.05, 0) is 32.0 Å². The van der Waals surface area contributed by atoms with Crippen LogP contribution in [0.2, 0.25) is 0 Å². The summed E-state index contributed by atoms with van der Waals surface area (Å²) in [5.74, 6) is 0.0265. The molecule has 1 amide bonds. The molecular weight excluding hydrogens is 190 g/mol. The monoisotopic (exact) mass is 207 g/mol. The average Bonchev–Trinajstić information content (AvgIpc) is 2.27. The smallest absolute Gasteiger partial charge is 0.220 e. The quantitative estimate of drug-likeness (QED) is 0.756. The molecule has 4 nitrogen and oxygen atoms in total. The van der Waals surface area contributed by atoms with E-state index >= 15 is 0 Å². The lowest BCUT2D eigenvalue weighted by Gasteiger charge is -2.12. The van der Waals surface area contributed by atoms with Crippen molar-refractivity contribution < 1.29 is 4.79 Å². The number of carbonyl (C=O) groups excluding carboxylic acids is 1. The Hall–Kier alpha value is -1.42. The van der Waals surface area contributed by atoms with Gasteiger partial charge in [0.15, 0.2) is 0 Å². The minimum Gasteiger partial charge on any atom is -0.348 e. The number of aromatic nitrogens is 1. The van der Waals surface area contributed by atoms with E-state index in [0.717, 1.165) is 12.1 Å². The molecule has 0 bridgehead atoms. The zero-order valence-electron chi connectivity index (χ0n) is 8.94. The number of pyridine rings is 1. The van der Waals surface area contributed by atoms with Gasteiger partial charge >= 0.3 is 0 Å². The molecule has 0 aliphatic carbocycles. The van der Waals surface area contributed by atoms with E-state index < -0.39 is 0 Å². The maximum absolute atomic E-state index is 11.4. The fourth-order valence-electron chi connectivity index (χ4n) is 1.28. The van der Waals surface area contributed by atoms with Crippen molar-refractivity contribution in [2.45, 2.75) is 25.8 Å². The first-order valence-electron chi connectivity index (χ1n) is 5.14. The second-order valence-corrected chi connectivity index (χ2v) is 3.44. The fraction of sp³-hybridized carbons (Fsp3) is 0.455. The highest BCUT2D eigenvalue weighted by molar-refractivity contribution is 5.76. The highest BCUT2D eigenvalue weighted by Gasteiger charge is 2.09. The van der Waals surface area contributed by atoms with Crippen LogP contribution in [0, 0.1) is 0 Å². The van der Waals surface area contributed by atoms with Crippen LogP contribution in [0.15, 0.2) is 24.4 Å². The van der Waals surface area contributed by atoms with Gasteiger partial charge in [0.1, 0.15) is 0 Å². The fourth-order valence-corrected chi connectivity index (χ4v) is 1.28. The van der Waals surface area contributed by atoms with E-state index in [1.54, 1.807) is 6.20 Å². The van der Waals surface area contributed by atoms with E-state index in [1.807, 2.05) is 25.1 Å². The van der Waals surface area contributed by atoms with E-state index in [2.05, 4.69) is 10.3 Å². The number of carbonyl (C=O) groups is 1. The molecule has 15 heavy (non-hydrogen) atoms. The van der Waals surface area contributed by atoms with Crippen molar-refractivity contribution in [3.63, 3.8) is 0 Å². The molecule has 1 heterocycles. The zero-order chi connectivity index (χ0) is 11.1. The molecule has 0 aromatic carbocycles. The number of nitrogens with zero attached hydrogens (tertiary/aromatic N) is 1. The number of nitrogens with one attached hydrogen (secondary N) is 1. The normalized spacial score (nSPS) is 12.1. The molecule has 0 spiro atoms. The summed E-state index contributed by atoms with van der Waals surface area (Å²) in [6.45, 7) is 2.47. The van der Waals surface area contributed by atoms with E-state index in [1.165, 1.54) is 0 Å². The van der Waals surface area contributed by atoms with Gasteiger partial charge in [0.05, 0.1) is 11.7 Å². The second kappa shape index (κ2) is 6.14. The summed E-state index contributed by atoms with van der Waals surface area (Å²) in [4.78, 5) is 15.6. The number of amides is 1. The summed E-state index contributed by atoms with van der Waals surface area (Å²) in [5, 5.41) is 2.87. The Labute approximate surface area is 89.9 Å². The van der Waals surface area contributed by atoms with Gasteiger partial charge < -0.3 is 11.1 Å². The lowest BCUT2D eigenvalue weighted by molar-refractivity contribution is -0.121. The third-order valence-electron chi connectivity index (χ3n) is 2.12. The Morgan fingerprint density at radius 3 is 3.00 bits per heavy atom. The second-order valence-electron chi connectivity index (χ2n) is 3.44. The van der Waals surface area contributed by atoms with Crippen molar-refractivity contribution in [2.75, 3.05) is 6.54 Å². The first-order chi connectivity index (χ1) is 7.24. The molecule has 0 radical (unpaired) electrons. The third-order valence-corrected chi connectivity index (χ3v) is 2.12. The summed E-state index contributed by atoms with van der Waals surface area (Å²) in [7, 11) is 0. The number of hydrogen-bond acceptors (Lipinski definition) is 3. The average molecular weight is 207 g/mol. The van der Waals surface area contributed by atoms with Gasteiger partial charge in [-0.1, -0.05) is 6.07 Å². The summed E-state index contributed by atoms with van der Waals surface area (Å²) in [5.41, 5.74) is 6.20. The van der Waals surface area contributed by atoms with Crippen LogP contribution in [0.4, 0.5) is 0 Å². The molecule has 0 aliphatic rings. The molecule has 1 atom stereocenters. The zero-order valence-corrected chi connectivity index (χ0v) is 8.94. The van der Waals surface area contributed by atoms with Crippen molar-refractivity contribution in [2.24, 2.45) is 5.73 Å². The van der Waals surface area contributed by atoms with Crippen molar-refractivity contribution in [3.8, 4) is 0 Å². The molecule has 3 N–H and O–H groups in total. The van der Waals surface area contributed by atoms with Crippen molar-refractivity contribution in [1.82, 2.24) is 10.3 Å². The maximum atomic E-state index is 11.4. The first kappa shape index (κ1) is 11.7. The molecule has 1 rings (SSSR count). The van der Waals surface area contributed by atoms with Crippen molar-refractivity contribution in [3.05, 3.63) is 30.1 Å². The van der Waals surface area contributed by atoms with E-state index in [0.29, 0.717) is 13.0 Å². The van der Waals surface area contributed by atoms with Crippen LogP contribution in [0.5, 0.6) is 0 Å². The molecule has 4 heteroatoms. The SMILES string of the molecule is CC(NC(=O)CCCN)c1ccccn1. The number of hydrogen-bond donors (Lipinski definition) is 2. The van der Waals surface area contributed by atoms with Crippen molar-refractivity contribution >= 4 is 5.91 Å². The van der Waals surface area contributed by atoms with Crippen LogP contribution in [0.3, 0.4) is 0 Å². The lowest BCUT2D eigenvalue weighted by Crippen LogP contribution is -2.27. The molecule has 1 aromatic heterocycles. The Morgan fingerprint density at radius 1 is 1.60 bits per heavy atom. The topological polar surface area (TPSA) is 68.0 Å². The van der Waals surface area contributed by atoms with Gasteiger partial charge in [0.2, 0.25) is 5.91 Å². The Bertz CT molecular complexity index is 300. The third kappa shape index (κ3) is 4.08. The Kier molecular flexibility index (Phi) is 4.77. The molecular formula is C11H17N3O. The Balaban J connectivity index is 2.42. The van der Waals surface area contributed by atoms with Gasteiger partial charge in [0, 0.05) is 12.6 Å². The minimum atomic E-state index is -0.0449. The van der Waals surface area contributed by atoms with E-state index in [9.17, 15) is 4.79 Å². The molecule has 1 aromatic rings. The van der Waals surface area contributed by atoms with Gasteiger partial charge in [-0.3, -0.25) is 9.78 Å². The van der Waals surface area contributed by atoms with Gasteiger partial charge in [-0.15, -0.1) is 0 Å². The molecule has 0 saturated carbocycles. The summed E-state index contributed by atoms with van der Waals surface area (Å²) >= 11 is 0. The van der Waals surface area contributed by atoms with Crippen LogP contribution in [0.25, 0.3) is 0 Å². The van der Waals surface area contributed by atoms with Gasteiger partial charge in [-0.25, -0.2) is 0 Å². The highest BCUT2D eigenvalue weighted by atomic mass is 16.1. The van der Waals surface area contributed by atoms with E-state index in [4.69, 9.17) is 5.73 Å². The lowest BCUT2D eigenvalue weighted by atomic mass is 10.2. The summed E-state index contributed by atoms with van der Waals surface area (Å²) < 4.78 is 0. The first-order valence-corrected chi connectivity index (χ1v) is 5.14. The van der Waals surface area contributed by atoms with Crippen LogP contribution in [-0.4, -0.2) is 17.4 Å². The Morgan fingerprint density at radius 2 is 2.40 bits per heavy atom. The predicted molar refractivity (Wildman–Crippen MR) is 59.1 cm³/mol. The van der Waals surface area contributed by atoms with Crippen LogP contribution >= 0.6 is 0 Å². The maximum Gasteiger partial charge on any atom is 0.220 e. The summed E-state index contributed by atoms with van der Waals surface area (Å²) in [6.07, 6.45) is 2.92. The minimum absolute atomic E-state index is 0.0265. The molecule has 1 unspecified atom stereocenters. The van der Waals surface area contributed by atoms with E-state index in [-0.39, 0.29) is 11.9 Å². The molecule has 0 fully saturated rings. The predicted octanol–water partition coefficient (Wildman–Crippen LogP) is 0.998. The van der Waals surface area contributed by atoms with Gasteiger partial charge in [-0.2, -0.15) is 0 Å². The molecule has 0 saturated heterocycles. The molecule has 0 aliphatic heterocycles. The largest absolute Gasteiger partial charge is 0.348 e. The highest BCUT2D eigenvalue weighted by Crippen LogP contribution is 2.07. The van der Waals surface area contributed by atoms with Crippen molar-refractivity contribution in [1.29, 1.82) is 0 Å². The van der Waals surface area contributed by atoms with Crippen LogP contribution < -0.4 is 11.1 Å². The summed E-state index contributed by atoms with van der Waals surface area (Å²) in [6, 6.07) is 5.61. The molecule has 82 valence electrons. The standard InChI is InChI=1S/C11H17N3O/c1-9(10-5-2-3-8-13-10)14-11(15)6-4-7-12/h2-3,5,8-9H,4,6-7,12H2,1H3,(H,14,15). The van der Waals surface area contributed by atoms with Gasteiger partial charge in [0.25, 0.3) is 0 Å².